The van der Waals surface area contributed by atoms with Gasteiger partial charge in [-0.2, -0.15) is 10.4 Å². The highest BCUT2D eigenvalue weighted by Gasteiger charge is 2.34. The van der Waals surface area contributed by atoms with Crippen LogP contribution in [0.15, 0.2) is 6.20 Å². The zero-order chi connectivity index (χ0) is 13.8. The zero-order valence-electron chi connectivity index (χ0n) is 11.4. The van der Waals surface area contributed by atoms with Crippen LogP contribution in [0.4, 0.5) is 0 Å². The first kappa shape index (κ1) is 14.2. The van der Waals surface area contributed by atoms with E-state index in [2.05, 4.69) is 16.5 Å². The maximum atomic E-state index is 12.1. The van der Waals surface area contributed by atoms with Crippen molar-refractivity contribution in [3.63, 3.8) is 0 Å². The number of hydrogen-bond donors (Lipinski definition) is 1. The van der Waals surface area contributed by atoms with Crippen molar-refractivity contribution in [1.82, 2.24) is 15.1 Å². The molecule has 5 heteroatoms. The Labute approximate surface area is 108 Å². The molecule has 1 aromatic rings. The van der Waals surface area contributed by atoms with Crippen LogP contribution in [0.1, 0.15) is 37.9 Å². The van der Waals surface area contributed by atoms with E-state index in [9.17, 15) is 10.1 Å². The van der Waals surface area contributed by atoms with Crippen LogP contribution in [-0.4, -0.2) is 15.7 Å². The van der Waals surface area contributed by atoms with Gasteiger partial charge in [-0.15, -0.1) is 0 Å². The number of nitrogens with zero attached hydrogens (tertiary/aromatic N) is 3. The number of carbonyl (C=O) groups excluding carboxylic acids is 1. The van der Waals surface area contributed by atoms with E-state index in [4.69, 9.17) is 0 Å². The molecule has 0 bridgehead atoms. The first-order valence-corrected chi connectivity index (χ1v) is 6.17. The molecule has 0 radical (unpaired) electrons. The Morgan fingerprint density at radius 3 is 2.56 bits per heavy atom. The predicted octanol–water partition coefficient (Wildman–Crippen LogP) is 1.67. The van der Waals surface area contributed by atoms with Crippen molar-refractivity contribution in [3.05, 3.63) is 17.5 Å². The van der Waals surface area contributed by atoms with Gasteiger partial charge in [-0.25, -0.2) is 0 Å². The summed E-state index contributed by atoms with van der Waals surface area (Å²) in [6, 6.07) is 2.14. The number of nitrogens with one attached hydrogen (secondary N) is 1. The summed E-state index contributed by atoms with van der Waals surface area (Å²) in [6.07, 6.45) is 2.79. The highest BCUT2D eigenvalue weighted by atomic mass is 16.2. The Morgan fingerprint density at radius 2 is 2.17 bits per heavy atom. The van der Waals surface area contributed by atoms with E-state index < -0.39 is 5.41 Å². The van der Waals surface area contributed by atoms with Crippen LogP contribution >= 0.6 is 0 Å². The minimum Gasteiger partial charge on any atom is -0.351 e. The molecule has 1 rings (SSSR count). The van der Waals surface area contributed by atoms with Crippen molar-refractivity contribution in [2.75, 3.05) is 0 Å². The van der Waals surface area contributed by atoms with Crippen LogP contribution in [-0.2, 0) is 18.4 Å². The fraction of sp³-hybridized carbons (Fsp3) is 0.615. The van der Waals surface area contributed by atoms with E-state index in [1.807, 2.05) is 27.8 Å². The van der Waals surface area contributed by atoms with Crippen molar-refractivity contribution >= 4 is 5.91 Å². The number of rotatable bonds is 5. The van der Waals surface area contributed by atoms with Crippen molar-refractivity contribution in [2.45, 2.75) is 40.2 Å². The van der Waals surface area contributed by atoms with Crippen LogP contribution < -0.4 is 5.32 Å². The average Bonchev–Trinajstić information content (AvgIpc) is 2.70. The van der Waals surface area contributed by atoms with E-state index in [1.54, 1.807) is 10.9 Å². The first-order chi connectivity index (χ1) is 8.50. The molecule has 1 heterocycles. The topological polar surface area (TPSA) is 70.7 Å². The lowest BCUT2D eigenvalue weighted by molar-refractivity contribution is -0.128. The quantitative estimate of drug-likeness (QED) is 0.861. The third-order valence-electron chi connectivity index (χ3n) is 3.63. The summed E-state index contributed by atoms with van der Waals surface area (Å²) >= 11 is 0. The van der Waals surface area contributed by atoms with Gasteiger partial charge < -0.3 is 5.32 Å². The van der Waals surface area contributed by atoms with Gasteiger partial charge in [0.15, 0.2) is 0 Å². The number of aryl methyl sites for hydroxylation is 1. The smallest absolute Gasteiger partial charge is 0.240 e. The fourth-order valence-corrected chi connectivity index (χ4v) is 1.84. The number of nitriles is 1. The summed E-state index contributed by atoms with van der Waals surface area (Å²) in [5, 5.41) is 16.1. The predicted molar refractivity (Wildman–Crippen MR) is 68.4 cm³/mol. The second-order valence-electron chi connectivity index (χ2n) is 4.46. The van der Waals surface area contributed by atoms with E-state index in [1.165, 1.54) is 0 Å². The Kier molecular flexibility index (Phi) is 4.49. The fourth-order valence-electron chi connectivity index (χ4n) is 1.84. The minimum absolute atomic E-state index is 0.196. The molecule has 0 aliphatic rings. The highest BCUT2D eigenvalue weighted by molar-refractivity contribution is 5.85. The van der Waals surface area contributed by atoms with E-state index >= 15 is 0 Å². The third-order valence-corrected chi connectivity index (χ3v) is 3.63. The standard InChI is InChI=1S/C13H20N4O/c1-5-13(6-2,9-14)12(18)15-7-11-8-16-17(4)10(11)3/h8H,5-7H2,1-4H3,(H,15,18). The monoisotopic (exact) mass is 248 g/mol. The molecule has 0 spiro atoms. The molecule has 0 aliphatic heterocycles. The lowest BCUT2D eigenvalue weighted by atomic mass is 9.83. The Hall–Kier alpha value is -1.83. The second-order valence-corrected chi connectivity index (χ2v) is 4.46. The molecule has 18 heavy (non-hydrogen) atoms. The number of amides is 1. The largest absolute Gasteiger partial charge is 0.351 e. The summed E-state index contributed by atoms with van der Waals surface area (Å²) < 4.78 is 1.76. The van der Waals surface area contributed by atoms with E-state index in [0.717, 1.165) is 11.3 Å². The zero-order valence-corrected chi connectivity index (χ0v) is 11.4. The molecule has 1 aromatic heterocycles. The molecule has 98 valence electrons. The van der Waals surface area contributed by atoms with Crippen LogP contribution in [0, 0.1) is 23.7 Å². The molecule has 0 aliphatic carbocycles. The normalized spacial score (nSPS) is 11.1. The molecule has 1 N–H and O–H groups in total. The van der Waals surface area contributed by atoms with Gasteiger partial charge in [0.05, 0.1) is 12.3 Å². The van der Waals surface area contributed by atoms with Gasteiger partial charge in [0.1, 0.15) is 5.41 Å². The lowest BCUT2D eigenvalue weighted by Crippen LogP contribution is -2.39. The van der Waals surface area contributed by atoms with Crippen molar-refractivity contribution in [1.29, 1.82) is 5.26 Å². The number of aromatic nitrogens is 2. The molecule has 0 aromatic carbocycles. The second kappa shape index (κ2) is 5.67. The highest BCUT2D eigenvalue weighted by Crippen LogP contribution is 2.25. The van der Waals surface area contributed by atoms with Crippen LogP contribution in [0.25, 0.3) is 0 Å². The van der Waals surface area contributed by atoms with Gasteiger partial charge in [-0.1, -0.05) is 13.8 Å². The SMILES string of the molecule is CCC(C#N)(CC)C(=O)NCc1cnn(C)c1C. The number of hydrogen-bond acceptors (Lipinski definition) is 3. The average molecular weight is 248 g/mol. The number of carbonyl (C=O) groups is 1. The molecule has 0 fully saturated rings. The van der Waals surface area contributed by atoms with Crippen molar-refractivity contribution in [2.24, 2.45) is 12.5 Å². The van der Waals surface area contributed by atoms with Gasteiger partial charge >= 0.3 is 0 Å². The molecule has 0 saturated heterocycles. The molecule has 1 amide bonds. The Morgan fingerprint density at radius 1 is 1.56 bits per heavy atom. The van der Waals surface area contributed by atoms with Crippen molar-refractivity contribution in [3.8, 4) is 6.07 Å². The van der Waals surface area contributed by atoms with Crippen LogP contribution in [0.2, 0.25) is 0 Å². The summed E-state index contributed by atoms with van der Waals surface area (Å²) in [5.41, 5.74) is 1.09. The van der Waals surface area contributed by atoms with Crippen molar-refractivity contribution < 1.29 is 4.79 Å². The molecular weight excluding hydrogens is 228 g/mol. The molecule has 0 atom stereocenters. The maximum absolute atomic E-state index is 12.1. The molecule has 0 saturated carbocycles. The van der Waals surface area contributed by atoms with Gasteiger partial charge in [0, 0.05) is 24.8 Å². The summed E-state index contributed by atoms with van der Waals surface area (Å²) in [7, 11) is 1.86. The summed E-state index contributed by atoms with van der Waals surface area (Å²) in [5.74, 6) is -0.196. The Balaban J connectivity index is 2.72. The molecule has 0 unspecified atom stereocenters. The van der Waals surface area contributed by atoms with E-state index in [0.29, 0.717) is 19.4 Å². The molecular formula is C13H20N4O. The van der Waals surface area contributed by atoms with Gasteiger partial charge in [0.25, 0.3) is 0 Å². The minimum atomic E-state index is -0.907. The van der Waals surface area contributed by atoms with Gasteiger partial charge in [-0.05, 0) is 19.8 Å². The third kappa shape index (κ3) is 2.53. The van der Waals surface area contributed by atoms with E-state index in [-0.39, 0.29) is 5.91 Å². The van der Waals surface area contributed by atoms with Gasteiger partial charge in [-0.3, -0.25) is 9.48 Å². The molecule has 5 nitrogen and oxygen atoms in total. The van der Waals surface area contributed by atoms with Crippen LogP contribution in [0.3, 0.4) is 0 Å². The summed E-state index contributed by atoms with van der Waals surface area (Å²) in [6.45, 7) is 6.09. The Bertz CT molecular complexity index is 466. The maximum Gasteiger partial charge on any atom is 0.240 e. The van der Waals surface area contributed by atoms with Gasteiger partial charge in [0.2, 0.25) is 5.91 Å². The summed E-state index contributed by atoms with van der Waals surface area (Å²) in [4.78, 5) is 12.1. The first-order valence-electron chi connectivity index (χ1n) is 6.17. The van der Waals surface area contributed by atoms with Crippen LogP contribution in [0.5, 0.6) is 0 Å². The lowest BCUT2D eigenvalue weighted by Gasteiger charge is -2.22.